The number of aliphatic imine (C=N–C) groups is 1. The van der Waals surface area contributed by atoms with Crippen molar-refractivity contribution in [2.75, 3.05) is 13.7 Å². The first-order valence-electron chi connectivity index (χ1n) is 7.14. The molecular formula is C16H21NO3. The summed E-state index contributed by atoms with van der Waals surface area (Å²) in [5, 5.41) is 0. The van der Waals surface area contributed by atoms with E-state index in [1.54, 1.807) is 7.11 Å². The summed E-state index contributed by atoms with van der Waals surface area (Å²) in [5.41, 5.74) is 1.13. The summed E-state index contributed by atoms with van der Waals surface area (Å²) in [4.78, 5) is 4.67. The van der Waals surface area contributed by atoms with Crippen LogP contribution in [-0.4, -0.2) is 37.9 Å². The highest BCUT2D eigenvalue weighted by Crippen LogP contribution is 2.37. The highest BCUT2D eigenvalue weighted by molar-refractivity contribution is 5.85. The molecule has 0 amide bonds. The molecule has 0 N–H and O–H groups in total. The fourth-order valence-corrected chi connectivity index (χ4v) is 2.67. The van der Waals surface area contributed by atoms with Crippen LogP contribution in [-0.2, 0) is 14.2 Å². The van der Waals surface area contributed by atoms with Gasteiger partial charge in [0.25, 0.3) is 0 Å². The first-order valence-corrected chi connectivity index (χ1v) is 7.14. The number of ether oxygens (including phenoxy) is 3. The molecule has 2 aliphatic rings. The van der Waals surface area contributed by atoms with Crippen molar-refractivity contribution in [2.45, 2.75) is 38.2 Å². The van der Waals surface area contributed by atoms with Gasteiger partial charge in [0.05, 0.1) is 12.7 Å². The smallest absolute Gasteiger partial charge is 0.217 e. The van der Waals surface area contributed by atoms with Crippen LogP contribution < -0.4 is 0 Å². The van der Waals surface area contributed by atoms with E-state index < -0.39 is 0 Å². The Bertz CT molecular complexity index is 486. The number of hydrogen-bond acceptors (Lipinski definition) is 4. The molecule has 20 heavy (non-hydrogen) atoms. The number of benzene rings is 1. The van der Waals surface area contributed by atoms with Crippen molar-refractivity contribution in [2.24, 2.45) is 10.9 Å². The van der Waals surface area contributed by atoms with Crippen LogP contribution in [0.3, 0.4) is 0 Å². The van der Waals surface area contributed by atoms with E-state index in [9.17, 15) is 0 Å². The Hall–Kier alpha value is -1.39. The molecule has 1 fully saturated rings. The van der Waals surface area contributed by atoms with Crippen molar-refractivity contribution >= 4 is 5.90 Å². The maximum Gasteiger partial charge on any atom is 0.217 e. The average Bonchev–Trinajstić information content (AvgIpc) is 3.16. The zero-order valence-electron chi connectivity index (χ0n) is 12.2. The molecule has 0 aliphatic carbocycles. The number of methoxy groups -OCH3 is 1. The molecular weight excluding hydrogens is 254 g/mol. The van der Waals surface area contributed by atoms with Gasteiger partial charge in [0.2, 0.25) is 5.90 Å². The molecule has 3 rings (SSSR count). The number of rotatable bonds is 5. The SMILES string of the molecule is COC[C@@H]1N=C(C2OC2C(C)C)O[C@H]1c1ccccc1. The van der Waals surface area contributed by atoms with Gasteiger partial charge in [0.15, 0.2) is 6.10 Å². The summed E-state index contributed by atoms with van der Waals surface area (Å²) >= 11 is 0. The van der Waals surface area contributed by atoms with Gasteiger partial charge in [-0.1, -0.05) is 44.2 Å². The Morgan fingerprint density at radius 3 is 2.55 bits per heavy atom. The third-order valence-electron chi connectivity index (χ3n) is 3.78. The zero-order chi connectivity index (χ0) is 14.1. The van der Waals surface area contributed by atoms with E-state index in [1.807, 2.05) is 18.2 Å². The summed E-state index contributed by atoms with van der Waals surface area (Å²) in [6.45, 7) is 4.87. The first kappa shape index (κ1) is 13.6. The predicted octanol–water partition coefficient (Wildman–Crippen LogP) is 2.59. The number of nitrogens with zero attached hydrogens (tertiary/aromatic N) is 1. The van der Waals surface area contributed by atoms with E-state index in [1.165, 1.54) is 0 Å². The third kappa shape index (κ3) is 2.58. The molecule has 0 bridgehead atoms. The molecule has 2 aliphatic heterocycles. The Kier molecular flexibility index (Phi) is 3.76. The molecule has 108 valence electrons. The van der Waals surface area contributed by atoms with Crippen molar-refractivity contribution in [1.82, 2.24) is 0 Å². The van der Waals surface area contributed by atoms with Gasteiger partial charge >= 0.3 is 0 Å². The Labute approximate surface area is 119 Å². The van der Waals surface area contributed by atoms with Crippen molar-refractivity contribution in [3.8, 4) is 0 Å². The number of epoxide rings is 1. The van der Waals surface area contributed by atoms with Crippen molar-refractivity contribution in [3.63, 3.8) is 0 Å². The Balaban J connectivity index is 1.75. The Morgan fingerprint density at radius 1 is 1.20 bits per heavy atom. The van der Waals surface area contributed by atoms with Gasteiger partial charge in [0, 0.05) is 7.11 Å². The summed E-state index contributed by atoms with van der Waals surface area (Å²) < 4.78 is 17.0. The van der Waals surface area contributed by atoms with E-state index >= 15 is 0 Å². The van der Waals surface area contributed by atoms with Crippen LogP contribution >= 0.6 is 0 Å². The molecule has 4 nitrogen and oxygen atoms in total. The third-order valence-corrected chi connectivity index (χ3v) is 3.78. The highest BCUT2D eigenvalue weighted by Gasteiger charge is 2.50. The molecule has 2 unspecified atom stereocenters. The van der Waals surface area contributed by atoms with Crippen molar-refractivity contribution in [1.29, 1.82) is 0 Å². The molecule has 1 aromatic carbocycles. The quantitative estimate of drug-likeness (QED) is 0.776. The molecule has 0 spiro atoms. The minimum Gasteiger partial charge on any atom is -0.468 e. The summed E-state index contributed by atoms with van der Waals surface area (Å²) in [6.07, 6.45) is 0.206. The molecule has 4 heteroatoms. The van der Waals surface area contributed by atoms with Crippen LogP contribution in [0.25, 0.3) is 0 Å². The van der Waals surface area contributed by atoms with E-state index in [0.717, 1.165) is 11.5 Å². The fourth-order valence-electron chi connectivity index (χ4n) is 2.67. The standard InChI is InChI=1S/C16H21NO3/c1-10(2)13-15(19-13)16-17-12(9-18-3)14(20-16)11-7-5-4-6-8-11/h4-8,10,12-15H,9H2,1-3H3/t12-,13?,14-,15?/m0/s1. The lowest BCUT2D eigenvalue weighted by molar-refractivity contribution is 0.118. The fraction of sp³-hybridized carbons (Fsp3) is 0.562. The van der Waals surface area contributed by atoms with Crippen LogP contribution in [0, 0.1) is 5.92 Å². The van der Waals surface area contributed by atoms with Gasteiger partial charge in [-0.2, -0.15) is 0 Å². The van der Waals surface area contributed by atoms with E-state index in [0.29, 0.717) is 12.5 Å². The van der Waals surface area contributed by atoms with Crippen LogP contribution in [0.1, 0.15) is 25.5 Å². The molecule has 0 radical (unpaired) electrons. The van der Waals surface area contributed by atoms with Crippen LogP contribution in [0.2, 0.25) is 0 Å². The second-order valence-corrected chi connectivity index (χ2v) is 5.70. The zero-order valence-corrected chi connectivity index (χ0v) is 12.2. The van der Waals surface area contributed by atoms with Gasteiger partial charge in [0.1, 0.15) is 12.1 Å². The van der Waals surface area contributed by atoms with Gasteiger partial charge in [-0.3, -0.25) is 0 Å². The monoisotopic (exact) mass is 275 g/mol. The van der Waals surface area contributed by atoms with Gasteiger partial charge in [-0.15, -0.1) is 0 Å². The summed E-state index contributed by atoms with van der Waals surface area (Å²) in [6, 6.07) is 10.2. The van der Waals surface area contributed by atoms with Gasteiger partial charge in [-0.05, 0) is 11.5 Å². The molecule has 0 saturated carbocycles. The summed E-state index contributed by atoms with van der Waals surface area (Å²) in [7, 11) is 1.69. The summed E-state index contributed by atoms with van der Waals surface area (Å²) in [5.74, 6) is 1.22. The van der Waals surface area contributed by atoms with E-state index in [2.05, 4.69) is 31.0 Å². The average molecular weight is 275 g/mol. The lowest BCUT2D eigenvalue weighted by Gasteiger charge is -2.17. The molecule has 4 atom stereocenters. The maximum absolute atomic E-state index is 6.06. The van der Waals surface area contributed by atoms with Crippen molar-refractivity contribution in [3.05, 3.63) is 35.9 Å². The second kappa shape index (κ2) is 5.54. The highest BCUT2D eigenvalue weighted by atomic mass is 16.6. The van der Waals surface area contributed by atoms with Crippen LogP contribution in [0.5, 0.6) is 0 Å². The lowest BCUT2D eigenvalue weighted by atomic mass is 10.0. The molecule has 1 saturated heterocycles. The Morgan fingerprint density at radius 2 is 1.95 bits per heavy atom. The number of hydrogen-bond donors (Lipinski definition) is 0. The van der Waals surface area contributed by atoms with Gasteiger partial charge in [-0.25, -0.2) is 4.99 Å². The largest absolute Gasteiger partial charge is 0.468 e. The predicted molar refractivity (Wildman–Crippen MR) is 76.9 cm³/mol. The minimum absolute atomic E-state index is 0.00872. The lowest BCUT2D eigenvalue weighted by Crippen LogP contribution is -2.19. The molecule has 0 aromatic heterocycles. The van der Waals surface area contributed by atoms with Crippen molar-refractivity contribution < 1.29 is 14.2 Å². The van der Waals surface area contributed by atoms with Crippen LogP contribution in [0.4, 0.5) is 0 Å². The topological polar surface area (TPSA) is 43.3 Å². The van der Waals surface area contributed by atoms with E-state index in [4.69, 9.17) is 14.2 Å². The first-order chi connectivity index (χ1) is 9.70. The molecule has 1 aromatic rings. The van der Waals surface area contributed by atoms with E-state index in [-0.39, 0.29) is 24.4 Å². The normalized spacial score (nSPS) is 32.1. The molecule has 2 heterocycles. The second-order valence-electron chi connectivity index (χ2n) is 5.70. The van der Waals surface area contributed by atoms with Gasteiger partial charge < -0.3 is 14.2 Å². The minimum atomic E-state index is -0.0665. The maximum atomic E-state index is 6.06. The van der Waals surface area contributed by atoms with Crippen LogP contribution in [0.15, 0.2) is 35.3 Å².